The van der Waals surface area contributed by atoms with E-state index in [0.717, 1.165) is 12.8 Å². The number of rotatable bonds is 6. The normalized spacial score (nSPS) is 17.7. The summed E-state index contributed by atoms with van der Waals surface area (Å²) in [6, 6.07) is 0.309. The van der Waals surface area contributed by atoms with Gasteiger partial charge < -0.3 is 15.5 Å². The van der Waals surface area contributed by atoms with Gasteiger partial charge in [0.15, 0.2) is 0 Å². The largest absolute Gasteiger partial charge is 0.394 e. The van der Waals surface area contributed by atoms with Gasteiger partial charge in [-0.2, -0.15) is 0 Å². The second kappa shape index (κ2) is 6.18. The van der Waals surface area contributed by atoms with Crippen LogP contribution in [0.4, 0.5) is 0 Å². The fourth-order valence-corrected chi connectivity index (χ4v) is 1.80. The molecule has 0 aromatic rings. The van der Waals surface area contributed by atoms with Gasteiger partial charge in [0.2, 0.25) is 5.91 Å². The topological polar surface area (TPSA) is 81.6 Å². The standard InChI is InChI=1S/C11H22N2O3/c1-11(7-14,8-15)12-6-10(16)13-9-4-2-3-5-9/h9,12,14-15H,2-8H2,1H3,(H,13,16). The van der Waals surface area contributed by atoms with E-state index in [4.69, 9.17) is 10.2 Å². The average Bonchev–Trinajstić information content (AvgIpc) is 2.79. The maximum Gasteiger partial charge on any atom is 0.234 e. The van der Waals surface area contributed by atoms with E-state index in [0.29, 0.717) is 6.04 Å². The second-order valence-electron chi connectivity index (χ2n) is 4.78. The van der Waals surface area contributed by atoms with Gasteiger partial charge in [-0.25, -0.2) is 0 Å². The van der Waals surface area contributed by atoms with E-state index in [9.17, 15) is 4.79 Å². The smallest absolute Gasteiger partial charge is 0.234 e. The third-order valence-corrected chi connectivity index (χ3v) is 3.09. The van der Waals surface area contributed by atoms with Crippen molar-refractivity contribution in [3.63, 3.8) is 0 Å². The quantitative estimate of drug-likeness (QED) is 0.490. The highest BCUT2D eigenvalue weighted by molar-refractivity contribution is 5.78. The van der Waals surface area contributed by atoms with Crippen LogP contribution >= 0.6 is 0 Å². The van der Waals surface area contributed by atoms with Gasteiger partial charge in [0, 0.05) is 6.04 Å². The van der Waals surface area contributed by atoms with Crippen LogP contribution in [0.25, 0.3) is 0 Å². The SMILES string of the molecule is CC(CO)(CO)NCC(=O)NC1CCCC1. The Balaban J connectivity index is 2.23. The van der Waals surface area contributed by atoms with Crippen molar-refractivity contribution in [3.05, 3.63) is 0 Å². The molecule has 1 aliphatic rings. The van der Waals surface area contributed by atoms with Crippen LogP contribution < -0.4 is 10.6 Å². The van der Waals surface area contributed by atoms with Crippen molar-refractivity contribution in [3.8, 4) is 0 Å². The molecule has 0 radical (unpaired) electrons. The maximum atomic E-state index is 11.5. The maximum absolute atomic E-state index is 11.5. The molecule has 4 N–H and O–H groups in total. The van der Waals surface area contributed by atoms with Crippen LogP contribution in [-0.4, -0.2) is 47.5 Å². The molecule has 1 saturated carbocycles. The predicted octanol–water partition coefficient (Wildman–Crippen LogP) is -0.622. The number of carbonyl (C=O) groups is 1. The summed E-state index contributed by atoms with van der Waals surface area (Å²) in [5.74, 6) is -0.0694. The fourth-order valence-electron chi connectivity index (χ4n) is 1.80. The number of amides is 1. The van der Waals surface area contributed by atoms with Crippen LogP contribution in [0.3, 0.4) is 0 Å². The molecule has 0 aliphatic heterocycles. The van der Waals surface area contributed by atoms with Crippen molar-refractivity contribution in [1.29, 1.82) is 0 Å². The lowest BCUT2D eigenvalue weighted by atomic mass is 10.1. The molecule has 16 heavy (non-hydrogen) atoms. The van der Waals surface area contributed by atoms with Gasteiger partial charge in [0.05, 0.1) is 25.3 Å². The van der Waals surface area contributed by atoms with Crippen LogP contribution in [0.1, 0.15) is 32.6 Å². The summed E-state index contributed by atoms with van der Waals surface area (Å²) in [5.41, 5.74) is -0.785. The summed E-state index contributed by atoms with van der Waals surface area (Å²) < 4.78 is 0. The minimum atomic E-state index is -0.785. The average molecular weight is 230 g/mol. The van der Waals surface area contributed by atoms with Crippen LogP contribution in [0.2, 0.25) is 0 Å². The number of aliphatic hydroxyl groups is 2. The lowest BCUT2D eigenvalue weighted by Crippen LogP contribution is -2.53. The zero-order chi connectivity index (χ0) is 12.0. The number of hydrogen-bond acceptors (Lipinski definition) is 4. The Labute approximate surface area is 96.2 Å². The summed E-state index contributed by atoms with van der Waals surface area (Å²) in [5, 5.41) is 23.8. The Morgan fingerprint density at radius 3 is 2.38 bits per heavy atom. The van der Waals surface area contributed by atoms with Gasteiger partial charge in [-0.15, -0.1) is 0 Å². The van der Waals surface area contributed by atoms with Crippen molar-refractivity contribution < 1.29 is 15.0 Å². The Bertz CT molecular complexity index is 223. The molecule has 5 heteroatoms. The van der Waals surface area contributed by atoms with Crippen molar-refractivity contribution in [2.45, 2.75) is 44.2 Å². The van der Waals surface area contributed by atoms with Gasteiger partial charge in [0.25, 0.3) is 0 Å². The number of carbonyl (C=O) groups excluding carboxylic acids is 1. The van der Waals surface area contributed by atoms with Crippen molar-refractivity contribution in [1.82, 2.24) is 10.6 Å². The summed E-state index contributed by atoms with van der Waals surface area (Å²) in [6.45, 7) is 1.42. The minimum absolute atomic E-state index is 0.0694. The van der Waals surface area contributed by atoms with E-state index in [1.54, 1.807) is 6.92 Å². The molecule has 0 atom stereocenters. The van der Waals surface area contributed by atoms with E-state index >= 15 is 0 Å². The van der Waals surface area contributed by atoms with Crippen molar-refractivity contribution >= 4 is 5.91 Å². The first-order valence-electron chi connectivity index (χ1n) is 5.86. The molecule has 1 fully saturated rings. The van der Waals surface area contributed by atoms with Gasteiger partial charge in [-0.1, -0.05) is 12.8 Å². The summed E-state index contributed by atoms with van der Waals surface area (Å²) in [7, 11) is 0. The fraction of sp³-hybridized carbons (Fsp3) is 0.909. The highest BCUT2D eigenvalue weighted by Crippen LogP contribution is 2.17. The van der Waals surface area contributed by atoms with Gasteiger partial charge in [0.1, 0.15) is 0 Å². The summed E-state index contributed by atoms with van der Waals surface area (Å²) in [6.07, 6.45) is 4.48. The molecule has 0 heterocycles. The molecule has 1 amide bonds. The molecule has 0 unspecified atom stereocenters. The lowest BCUT2D eigenvalue weighted by Gasteiger charge is -2.26. The van der Waals surface area contributed by atoms with E-state index in [-0.39, 0.29) is 25.7 Å². The predicted molar refractivity (Wildman–Crippen MR) is 61.0 cm³/mol. The molecule has 94 valence electrons. The van der Waals surface area contributed by atoms with Gasteiger partial charge in [-0.05, 0) is 19.8 Å². The summed E-state index contributed by atoms with van der Waals surface area (Å²) >= 11 is 0. The molecular formula is C11H22N2O3. The first-order chi connectivity index (χ1) is 7.59. The Morgan fingerprint density at radius 2 is 1.88 bits per heavy atom. The van der Waals surface area contributed by atoms with Crippen LogP contribution in [0, 0.1) is 0 Å². The molecule has 0 saturated heterocycles. The van der Waals surface area contributed by atoms with E-state index in [1.807, 2.05) is 0 Å². The monoisotopic (exact) mass is 230 g/mol. The molecule has 0 bridgehead atoms. The second-order valence-corrected chi connectivity index (χ2v) is 4.78. The van der Waals surface area contributed by atoms with Gasteiger partial charge in [-0.3, -0.25) is 10.1 Å². The van der Waals surface area contributed by atoms with E-state index < -0.39 is 5.54 Å². The molecular weight excluding hydrogens is 208 g/mol. The number of aliphatic hydroxyl groups excluding tert-OH is 2. The highest BCUT2D eigenvalue weighted by atomic mass is 16.3. The third kappa shape index (κ3) is 4.08. The molecule has 0 aromatic carbocycles. The molecule has 0 spiro atoms. The van der Waals surface area contributed by atoms with Gasteiger partial charge >= 0.3 is 0 Å². The Morgan fingerprint density at radius 1 is 1.31 bits per heavy atom. The Hall–Kier alpha value is -0.650. The molecule has 1 rings (SSSR count). The minimum Gasteiger partial charge on any atom is -0.394 e. The van der Waals surface area contributed by atoms with E-state index in [2.05, 4.69) is 10.6 Å². The molecule has 5 nitrogen and oxygen atoms in total. The summed E-state index contributed by atoms with van der Waals surface area (Å²) in [4.78, 5) is 11.5. The van der Waals surface area contributed by atoms with E-state index in [1.165, 1.54) is 12.8 Å². The highest BCUT2D eigenvalue weighted by Gasteiger charge is 2.23. The first kappa shape index (κ1) is 13.4. The van der Waals surface area contributed by atoms with Crippen molar-refractivity contribution in [2.75, 3.05) is 19.8 Å². The zero-order valence-electron chi connectivity index (χ0n) is 9.83. The van der Waals surface area contributed by atoms with Crippen LogP contribution in [0.5, 0.6) is 0 Å². The Kier molecular flexibility index (Phi) is 5.18. The number of nitrogens with one attached hydrogen (secondary N) is 2. The first-order valence-corrected chi connectivity index (χ1v) is 5.86. The molecule has 1 aliphatic carbocycles. The third-order valence-electron chi connectivity index (χ3n) is 3.09. The van der Waals surface area contributed by atoms with Crippen LogP contribution in [0.15, 0.2) is 0 Å². The zero-order valence-corrected chi connectivity index (χ0v) is 9.83. The number of hydrogen-bond donors (Lipinski definition) is 4. The van der Waals surface area contributed by atoms with Crippen LogP contribution in [-0.2, 0) is 4.79 Å². The van der Waals surface area contributed by atoms with Crippen molar-refractivity contribution in [2.24, 2.45) is 0 Å². The molecule has 0 aromatic heterocycles. The lowest BCUT2D eigenvalue weighted by molar-refractivity contribution is -0.121.